The molecule has 1 amide bonds. The lowest BCUT2D eigenvalue weighted by Crippen LogP contribution is -2.32. The molecule has 1 aliphatic heterocycles. The van der Waals surface area contributed by atoms with Gasteiger partial charge in [0.05, 0.1) is 0 Å². The summed E-state index contributed by atoms with van der Waals surface area (Å²) in [5.41, 5.74) is 1.14. The van der Waals surface area contributed by atoms with Gasteiger partial charge in [-0.2, -0.15) is 5.10 Å². The van der Waals surface area contributed by atoms with Crippen molar-refractivity contribution in [3.05, 3.63) is 58.5 Å². The second kappa shape index (κ2) is 6.43. The number of carbonyl (C=O) groups is 1. The van der Waals surface area contributed by atoms with Crippen molar-refractivity contribution < 1.29 is 4.79 Å². The molecule has 0 spiro atoms. The average Bonchev–Trinajstić information content (AvgIpc) is 3.03. The monoisotopic (exact) mass is 298 g/mol. The first-order valence-electron chi connectivity index (χ1n) is 7.36. The summed E-state index contributed by atoms with van der Waals surface area (Å²) < 4.78 is 0. The van der Waals surface area contributed by atoms with E-state index in [1.807, 2.05) is 18.2 Å². The third kappa shape index (κ3) is 3.33. The number of rotatable bonds is 4. The molecule has 2 N–H and O–H groups in total. The van der Waals surface area contributed by atoms with E-state index in [4.69, 9.17) is 0 Å². The Labute approximate surface area is 128 Å². The zero-order valence-corrected chi connectivity index (χ0v) is 12.2. The first kappa shape index (κ1) is 14.3. The van der Waals surface area contributed by atoms with Gasteiger partial charge in [-0.05, 0) is 30.5 Å². The maximum Gasteiger partial charge on any atom is 0.271 e. The summed E-state index contributed by atoms with van der Waals surface area (Å²) in [6.45, 7) is 2.55. The largest absolute Gasteiger partial charge is 0.371 e. The van der Waals surface area contributed by atoms with Crippen molar-refractivity contribution in [3.8, 4) is 0 Å². The van der Waals surface area contributed by atoms with Crippen LogP contribution in [0.3, 0.4) is 0 Å². The minimum atomic E-state index is -0.314. The van der Waals surface area contributed by atoms with Gasteiger partial charge in [0.2, 0.25) is 0 Å². The summed E-state index contributed by atoms with van der Waals surface area (Å²) in [4.78, 5) is 25.2. The summed E-state index contributed by atoms with van der Waals surface area (Å²) in [5.74, 6) is 0.168. The van der Waals surface area contributed by atoms with Crippen LogP contribution in [0.1, 0.15) is 16.9 Å². The summed E-state index contributed by atoms with van der Waals surface area (Å²) in [5, 5.41) is 8.87. The van der Waals surface area contributed by atoms with E-state index in [1.165, 1.54) is 17.8 Å². The van der Waals surface area contributed by atoms with Crippen molar-refractivity contribution in [1.29, 1.82) is 0 Å². The Morgan fingerprint density at radius 3 is 2.82 bits per heavy atom. The Balaban J connectivity index is 1.51. The molecule has 6 heteroatoms. The first-order chi connectivity index (χ1) is 10.7. The van der Waals surface area contributed by atoms with Crippen LogP contribution in [0, 0.1) is 5.92 Å². The normalized spacial score (nSPS) is 17.5. The van der Waals surface area contributed by atoms with Crippen LogP contribution in [0.2, 0.25) is 0 Å². The lowest BCUT2D eigenvalue weighted by atomic mass is 10.1. The van der Waals surface area contributed by atoms with Crippen LogP contribution < -0.4 is 15.8 Å². The van der Waals surface area contributed by atoms with Crippen molar-refractivity contribution in [2.45, 2.75) is 6.42 Å². The number of amides is 1. The van der Waals surface area contributed by atoms with Crippen LogP contribution in [0.4, 0.5) is 5.69 Å². The van der Waals surface area contributed by atoms with E-state index >= 15 is 0 Å². The molecule has 22 heavy (non-hydrogen) atoms. The molecule has 1 saturated heterocycles. The minimum Gasteiger partial charge on any atom is -0.371 e. The van der Waals surface area contributed by atoms with Crippen LogP contribution in [0.15, 0.2) is 47.3 Å². The number of aromatic amines is 1. The van der Waals surface area contributed by atoms with Gasteiger partial charge in [-0.15, -0.1) is 0 Å². The molecule has 114 valence electrons. The lowest BCUT2D eigenvalue weighted by molar-refractivity contribution is 0.0942. The first-order valence-corrected chi connectivity index (χ1v) is 7.36. The predicted molar refractivity (Wildman–Crippen MR) is 84.0 cm³/mol. The number of H-pyrrole nitrogens is 1. The molecule has 2 heterocycles. The van der Waals surface area contributed by atoms with Crippen LogP contribution in [-0.2, 0) is 0 Å². The minimum absolute atomic E-state index is 0.234. The Morgan fingerprint density at radius 1 is 1.27 bits per heavy atom. The quantitative estimate of drug-likeness (QED) is 0.883. The van der Waals surface area contributed by atoms with Gasteiger partial charge in [-0.1, -0.05) is 18.2 Å². The highest BCUT2D eigenvalue weighted by Gasteiger charge is 2.23. The highest BCUT2D eigenvalue weighted by atomic mass is 16.2. The molecule has 1 unspecified atom stereocenters. The number of nitrogens with zero attached hydrogens (tertiary/aromatic N) is 2. The van der Waals surface area contributed by atoms with Crippen molar-refractivity contribution in [2.24, 2.45) is 5.92 Å². The number of carbonyl (C=O) groups excluding carboxylic acids is 1. The van der Waals surface area contributed by atoms with Gasteiger partial charge < -0.3 is 10.2 Å². The van der Waals surface area contributed by atoms with Crippen LogP contribution in [-0.4, -0.2) is 35.7 Å². The second-order valence-electron chi connectivity index (χ2n) is 5.45. The highest BCUT2D eigenvalue weighted by Crippen LogP contribution is 2.22. The maximum absolute atomic E-state index is 12.0. The number of hydrogen-bond acceptors (Lipinski definition) is 4. The number of para-hydroxylation sites is 1. The van der Waals surface area contributed by atoms with Gasteiger partial charge in [-0.25, -0.2) is 5.10 Å². The predicted octanol–water partition coefficient (Wildman–Crippen LogP) is 1.03. The van der Waals surface area contributed by atoms with Gasteiger partial charge in [0, 0.05) is 31.4 Å². The molecule has 0 bridgehead atoms. The topological polar surface area (TPSA) is 78.1 Å². The molecule has 1 aromatic heterocycles. The smallest absolute Gasteiger partial charge is 0.271 e. The molecule has 1 atom stereocenters. The molecule has 0 aliphatic carbocycles. The molecule has 0 radical (unpaired) electrons. The van der Waals surface area contributed by atoms with Crippen molar-refractivity contribution in [1.82, 2.24) is 15.5 Å². The number of benzene rings is 1. The number of anilines is 1. The zero-order valence-electron chi connectivity index (χ0n) is 12.2. The zero-order chi connectivity index (χ0) is 15.4. The van der Waals surface area contributed by atoms with Gasteiger partial charge in [0.1, 0.15) is 5.69 Å². The van der Waals surface area contributed by atoms with Crippen molar-refractivity contribution in [3.63, 3.8) is 0 Å². The molecular weight excluding hydrogens is 280 g/mol. The van der Waals surface area contributed by atoms with Crippen LogP contribution in [0.5, 0.6) is 0 Å². The van der Waals surface area contributed by atoms with Crippen LogP contribution in [0.25, 0.3) is 0 Å². The average molecular weight is 298 g/mol. The Morgan fingerprint density at radius 2 is 2.09 bits per heavy atom. The van der Waals surface area contributed by atoms with Gasteiger partial charge in [0.25, 0.3) is 11.5 Å². The fraction of sp³-hybridized carbons (Fsp3) is 0.312. The number of aromatic nitrogens is 2. The molecule has 6 nitrogen and oxygen atoms in total. The molecule has 3 rings (SSSR count). The summed E-state index contributed by atoms with van der Waals surface area (Å²) in [6, 6.07) is 13.0. The van der Waals surface area contributed by atoms with E-state index in [1.54, 1.807) is 0 Å². The van der Waals surface area contributed by atoms with Gasteiger partial charge >= 0.3 is 0 Å². The molecule has 2 aromatic rings. The van der Waals surface area contributed by atoms with E-state index in [0.29, 0.717) is 12.5 Å². The van der Waals surface area contributed by atoms with Crippen LogP contribution >= 0.6 is 0 Å². The molecule has 0 saturated carbocycles. The number of nitrogens with one attached hydrogen (secondary N) is 2. The molecular formula is C16H18N4O2. The van der Waals surface area contributed by atoms with E-state index < -0.39 is 0 Å². The second-order valence-corrected chi connectivity index (χ2v) is 5.45. The van der Waals surface area contributed by atoms with E-state index in [-0.39, 0.29) is 17.2 Å². The maximum atomic E-state index is 12.0. The van der Waals surface area contributed by atoms with E-state index in [9.17, 15) is 9.59 Å². The lowest BCUT2D eigenvalue weighted by Gasteiger charge is -2.18. The Hall–Kier alpha value is -2.63. The van der Waals surface area contributed by atoms with E-state index in [2.05, 4.69) is 32.5 Å². The number of hydrogen-bond donors (Lipinski definition) is 2. The SMILES string of the molecule is O=C(NCC1CCN(c2ccccc2)C1)c1ccc(=O)[nH]n1. The van der Waals surface area contributed by atoms with Crippen molar-refractivity contribution >= 4 is 11.6 Å². The van der Waals surface area contributed by atoms with Gasteiger partial charge in [0.15, 0.2) is 0 Å². The highest BCUT2D eigenvalue weighted by molar-refractivity contribution is 5.91. The third-order valence-corrected chi connectivity index (χ3v) is 3.87. The van der Waals surface area contributed by atoms with E-state index in [0.717, 1.165) is 19.5 Å². The third-order valence-electron chi connectivity index (χ3n) is 3.87. The summed E-state index contributed by atoms with van der Waals surface area (Å²) >= 11 is 0. The Bertz CT molecular complexity index is 678. The Kier molecular flexibility index (Phi) is 4.18. The van der Waals surface area contributed by atoms with Gasteiger partial charge in [-0.3, -0.25) is 9.59 Å². The fourth-order valence-corrected chi connectivity index (χ4v) is 2.67. The summed E-state index contributed by atoms with van der Waals surface area (Å²) in [7, 11) is 0. The fourth-order valence-electron chi connectivity index (χ4n) is 2.67. The van der Waals surface area contributed by atoms with Crippen molar-refractivity contribution in [2.75, 3.05) is 24.5 Å². The standard InChI is InChI=1S/C16H18N4O2/c21-15-7-6-14(18-19-15)16(22)17-10-12-8-9-20(11-12)13-4-2-1-3-5-13/h1-7,12H,8-11H2,(H,17,22)(H,19,21). The summed E-state index contributed by atoms with van der Waals surface area (Å²) in [6.07, 6.45) is 1.05. The molecule has 1 aromatic carbocycles. The molecule has 1 aliphatic rings. The molecule has 1 fully saturated rings.